The van der Waals surface area contributed by atoms with E-state index in [0.29, 0.717) is 10.7 Å². The molecule has 1 aromatic heterocycles. The number of carbonyl (C=O) groups excluding carboxylic acids is 1. The molecule has 4 nitrogen and oxygen atoms in total. The normalized spacial score (nSPS) is 10.2. The summed E-state index contributed by atoms with van der Waals surface area (Å²) in [6, 6.07) is 4.88. The van der Waals surface area contributed by atoms with E-state index in [1.54, 1.807) is 29.9 Å². The second-order valence-electron chi connectivity index (χ2n) is 3.25. The number of benzene rings is 1. The molecule has 0 fully saturated rings. The number of esters is 1. The Balaban J connectivity index is 2.10. The second kappa shape index (κ2) is 5.16. The maximum atomic E-state index is 11.8. The highest BCUT2D eigenvalue weighted by atomic mass is 35.5. The number of hydrogen-bond acceptors (Lipinski definition) is 5. The molecule has 17 heavy (non-hydrogen) atoms. The maximum Gasteiger partial charge on any atom is 0.342 e. The maximum absolute atomic E-state index is 11.8. The number of rotatable bonds is 3. The van der Waals surface area contributed by atoms with Gasteiger partial charge in [0.15, 0.2) is 0 Å². The average molecular weight is 269 g/mol. The van der Waals surface area contributed by atoms with E-state index >= 15 is 0 Å². The molecule has 2 aromatic rings. The highest BCUT2D eigenvalue weighted by Crippen LogP contribution is 2.23. The monoisotopic (exact) mass is 268 g/mol. The third-order valence-electron chi connectivity index (χ3n) is 2.08. The van der Waals surface area contributed by atoms with Crippen molar-refractivity contribution in [1.82, 2.24) is 4.98 Å². The Bertz CT molecular complexity index is 508. The van der Waals surface area contributed by atoms with Crippen LogP contribution in [0.3, 0.4) is 0 Å². The fraction of sp³-hybridized carbons (Fsp3) is 0.0909. The SMILES string of the molecule is Nc1cccc(Cl)c1C(=O)OCc1cncs1. The summed E-state index contributed by atoms with van der Waals surface area (Å²) in [4.78, 5) is 16.5. The molecule has 0 atom stereocenters. The van der Waals surface area contributed by atoms with Crippen LogP contribution in [-0.4, -0.2) is 11.0 Å². The Morgan fingerprint density at radius 3 is 3.00 bits per heavy atom. The predicted molar refractivity (Wildman–Crippen MR) is 67.1 cm³/mol. The van der Waals surface area contributed by atoms with Gasteiger partial charge in [0.2, 0.25) is 0 Å². The first-order chi connectivity index (χ1) is 8.18. The van der Waals surface area contributed by atoms with Crippen molar-refractivity contribution in [2.75, 3.05) is 5.73 Å². The smallest absolute Gasteiger partial charge is 0.342 e. The van der Waals surface area contributed by atoms with Gasteiger partial charge in [-0.1, -0.05) is 17.7 Å². The summed E-state index contributed by atoms with van der Waals surface area (Å²) in [5.74, 6) is -0.526. The molecule has 0 bridgehead atoms. The van der Waals surface area contributed by atoms with Gasteiger partial charge in [0.25, 0.3) is 0 Å². The number of halogens is 1. The van der Waals surface area contributed by atoms with Crippen LogP contribution in [0.15, 0.2) is 29.9 Å². The molecule has 1 heterocycles. The van der Waals surface area contributed by atoms with Gasteiger partial charge >= 0.3 is 5.97 Å². The largest absolute Gasteiger partial charge is 0.456 e. The van der Waals surface area contributed by atoms with E-state index in [9.17, 15) is 4.79 Å². The number of anilines is 1. The van der Waals surface area contributed by atoms with Crippen molar-refractivity contribution in [2.45, 2.75) is 6.61 Å². The minimum atomic E-state index is -0.526. The molecule has 1 aromatic carbocycles. The zero-order valence-corrected chi connectivity index (χ0v) is 10.3. The van der Waals surface area contributed by atoms with Gasteiger partial charge in [-0.15, -0.1) is 11.3 Å². The number of carbonyl (C=O) groups is 1. The minimum absolute atomic E-state index is 0.175. The molecule has 0 spiro atoms. The number of aromatic nitrogens is 1. The van der Waals surface area contributed by atoms with E-state index in [0.717, 1.165) is 4.88 Å². The lowest BCUT2D eigenvalue weighted by atomic mass is 10.2. The number of nitrogens with zero attached hydrogens (tertiary/aromatic N) is 1. The lowest BCUT2D eigenvalue weighted by molar-refractivity contribution is 0.0478. The molecule has 88 valence electrons. The molecule has 0 aliphatic carbocycles. The standard InChI is InChI=1S/C11H9ClN2O2S/c12-8-2-1-3-9(13)10(8)11(15)16-5-7-4-14-6-17-7/h1-4,6H,5,13H2. The Kier molecular flexibility index (Phi) is 3.61. The molecule has 0 unspecified atom stereocenters. The Hall–Kier alpha value is -1.59. The van der Waals surface area contributed by atoms with Crippen molar-refractivity contribution in [3.8, 4) is 0 Å². The summed E-state index contributed by atoms with van der Waals surface area (Å²) in [6.07, 6.45) is 1.65. The third-order valence-corrected chi connectivity index (χ3v) is 3.15. The first-order valence-electron chi connectivity index (χ1n) is 4.77. The summed E-state index contributed by atoms with van der Waals surface area (Å²) in [5, 5.41) is 0.291. The summed E-state index contributed by atoms with van der Waals surface area (Å²) < 4.78 is 5.10. The molecule has 2 N–H and O–H groups in total. The van der Waals surface area contributed by atoms with Crippen LogP contribution in [0.1, 0.15) is 15.2 Å². The topological polar surface area (TPSA) is 65.2 Å². The Morgan fingerprint density at radius 1 is 1.53 bits per heavy atom. The number of nitrogen functional groups attached to an aromatic ring is 1. The first kappa shape index (κ1) is 11.9. The van der Waals surface area contributed by atoms with E-state index in [2.05, 4.69) is 4.98 Å². The molecule has 0 radical (unpaired) electrons. The lowest BCUT2D eigenvalue weighted by Gasteiger charge is -2.07. The number of hydrogen-bond donors (Lipinski definition) is 1. The fourth-order valence-corrected chi connectivity index (χ4v) is 2.04. The van der Waals surface area contributed by atoms with Crippen molar-refractivity contribution >= 4 is 34.6 Å². The van der Waals surface area contributed by atoms with Crippen LogP contribution in [0.25, 0.3) is 0 Å². The summed E-state index contributed by atoms with van der Waals surface area (Å²) in [7, 11) is 0. The van der Waals surface area contributed by atoms with E-state index in [-0.39, 0.29) is 12.2 Å². The van der Waals surface area contributed by atoms with Gasteiger partial charge in [-0.25, -0.2) is 4.79 Å². The van der Waals surface area contributed by atoms with Crippen LogP contribution in [0.5, 0.6) is 0 Å². The van der Waals surface area contributed by atoms with Crippen molar-refractivity contribution in [3.05, 3.63) is 45.4 Å². The minimum Gasteiger partial charge on any atom is -0.456 e. The van der Waals surface area contributed by atoms with Crippen molar-refractivity contribution in [1.29, 1.82) is 0 Å². The number of ether oxygens (including phenoxy) is 1. The van der Waals surface area contributed by atoms with Gasteiger partial charge in [0.1, 0.15) is 12.2 Å². The zero-order valence-electron chi connectivity index (χ0n) is 8.72. The molecule has 6 heteroatoms. The van der Waals surface area contributed by atoms with Crippen LogP contribution in [0, 0.1) is 0 Å². The van der Waals surface area contributed by atoms with Gasteiger partial charge < -0.3 is 10.5 Å². The molecule has 0 amide bonds. The lowest BCUT2D eigenvalue weighted by Crippen LogP contribution is -2.08. The molecular formula is C11H9ClN2O2S. The Morgan fingerprint density at radius 2 is 2.35 bits per heavy atom. The number of nitrogens with two attached hydrogens (primary N) is 1. The van der Waals surface area contributed by atoms with Gasteiger partial charge in [-0.3, -0.25) is 4.98 Å². The molecule has 0 aliphatic rings. The van der Waals surface area contributed by atoms with Gasteiger partial charge in [0.05, 0.1) is 15.4 Å². The van der Waals surface area contributed by atoms with Crippen LogP contribution < -0.4 is 5.73 Å². The Labute approximate surface area is 107 Å². The highest BCUT2D eigenvalue weighted by molar-refractivity contribution is 7.09. The fourth-order valence-electron chi connectivity index (χ4n) is 1.28. The summed E-state index contributed by atoms with van der Waals surface area (Å²) in [5.41, 5.74) is 7.87. The van der Waals surface area contributed by atoms with E-state index in [1.807, 2.05) is 0 Å². The van der Waals surface area contributed by atoms with E-state index in [4.69, 9.17) is 22.1 Å². The molecular weight excluding hydrogens is 260 g/mol. The molecule has 2 rings (SSSR count). The molecule has 0 saturated heterocycles. The van der Waals surface area contributed by atoms with Crippen LogP contribution in [0.4, 0.5) is 5.69 Å². The summed E-state index contributed by atoms with van der Waals surface area (Å²) >= 11 is 7.31. The average Bonchev–Trinajstić information content (AvgIpc) is 2.79. The first-order valence-corrected chi connectivity index (χ1v) is 6.02. The molecule has 0 aliphatic heterocycles. The highest BCUT2D eigenvalue weighted by Gasteiger charge is 2.15. The van der Waals surface area contributed by atoms with Gasteiger partial charge in [0, 0.05) is 11.9 Å². The summed E-state index contributed by atoms with van der Waals surface area (Å²) in [6.45, 7) is 0.175. The zero-order chi connectivity index (χ0) is 12.3. The van der Waals surface area contributed by atoms with Crippen molar-refractivity contribution in [2.24, 2.45) is 0 Å². The van der Waals surface area contributed by atoms with E-state index in [1.165, 1.54) is 11.3 Å². The predicted octanol–water partition coefficient (Wildman–Crippen LogP) is 2.74. The number of thiazole rings is 1. The third kappa shape index (κ3) is 2.75. The van der Waals surface area contributed by atoms with Crippen LogP contribution >= 0.6 is 22.9 Å². The van der Waals surface area contributed by atoms with Crippen LogP contribution in [0.2, 0.25) is 5.02 Å². The van der Waals surface area contributed by atoms with Gasteiger partial charge in [-0.2, -0.15) is 0 Å². The van der Waals surface area contributed by atoms with Gasteiger partial charge in [-0.05, 0) is 12.1 Å². The quantitative estimate of drug-likeness (QED) is 0.687. The van der Waals surface area contributed by atoms with Crippen molar-refractivity contribution in [3.63, 3.8) is 0 Å². The van der Waals surface area contributed by atoms with Crippen molar-refractivity contribution < 1.29 is 9.53 Å². The van der Waals surface area contributed by atoms with Crippen LogP contribution in [-0.2, 0) is 11.3 Å². The van der Waals surface area contributed by atoms with E-state index < -0.39 is 5.97 Å². The molecule has 0 saturated carbocycles. The second-order valence-corrected chi connectivity index (χ2v) is 4.63.